The lowest BCUT2D eigenvalue weighted by atomic mass is 9.92. The smallest absolute Gasteiger partial charge is 0.148 e. The Bertz CT molecular complexity index is 1290. The molecule has 4 aromatic rings. The zero-order valence-corrected chi connectivity index (χ0v) is 23.9. The standard InChI is InChI=1S/C35H45N3O/c1-28-17-19-32(20-18-28)39-27-34-36-35-29(2)11-9-16-33(35)38(34)24-10-15-31-21-25-37(26-22-31)23-8-4-7-14-30-12-5-3-6-13-30/h3,5-6,9,11-13,16-20,31H,4,7-8,10,14-15,21-27H2,1-2H3. The number of ether oxygens (including phenoxy) is 1. The molecule has 0 bridgehead atoms. The second kappa shape index (κ2) is 13.8. The maximum absolute atomic E-state index is 6.15. The second-order valence-electron chi connectivity index (χ2n) is 11.4. The van der Waals surface area contributed by atoms with E-state index in [1.807, 2.05) is 12.1 Å². The first-order valence-corrected chi connectivity index (χ1v) is 15.1. The van der Waals surface area contributed by atoms with Gasteiger partial charge in [-0.05, 0) is 114 Å². The number of aromatic nitrogens is 2. The number of nitrogens with zero attached hydrogens (tertiary/aromatic N) is 3. The molecule has 0 radical (unpaired) electrons. The Morgan fingerprint density at radius 1 is 0.795 bits per heavy atom. The molecule has 0 atom stereocenters. The molecule has 3 aromatic carbocycles. The number of rotatable bonds is 13. The lowest BCUT2D eigenvalue weighted by Crippen LogP contribution is -2.34. The lowest BCUT2D eigenvalue weighted by Gasteiger charge is -2.32. The molecule has 0 aliphatic carbocycles. The van der Waals surface area contributed by atoms with Crippen LogP contribution < -0.4 is 4.74 Å². The highest BCUT2D eigenvalue weighted by Crippen LogP contribution is 2.25. The molecule has 0 saturated carbocycles. The first-order chi connectivity index (χ1) is 19.2. The highest BCUT2D eigenvalue weighted by Gasteiger charge is 2.19. The predicted molar refractivity (Wildman–Crippen MR) is 162 cm³/mol. The first kappa shape index (κ1) is 27.5. The quantitative estimate of drug-likeness (QED) is 0.166. The van der Waals surface area contributed by atoms with Gasteiger partial charge in [-0.3, -0.25) is 0 Å². The maximum Gasteiger partial charge on any atom is 0.148 e. The van der Waals surface area contributed by atoms with Gasteiger partial charge in [-0.2, -0.15) is 0 Å². The Balaban J connectivity index is 1.06. The van der Waals surface area contributed by atoms with Crippen LogP contribution >= 0.6 is 0 Å². The summed E-state index contributed by atoms with van der Waals surface area (Å²) in [7, 11) is 0. The van der Waals surface area contributed by atoms with Crippen molar-refractivity contribution < 1.29 is 4.74 Å². The molecule has 206 valence electrons. The van der Waals surface area contributed by atoms with Crippen LogP contribution in [0.25, 0.3) is 11.0 Å². The van der Waals surface area contributed by atoms with Gasteiger partial charge in [0, 0.05) is 6.54 Å². The van der Waals surface area contributed by atoms with Gasteiger partial charge >= 0.3 is 0 Å². The normalized spacial score (nSPS) is 14.7. The third-order valence-corrected chi connectivity index (χ3v) is 8.43. The molecule has 0 spiro atoms. The van der Waals surface area contributed by atoms with Crippen molar-refractivity contribution in [2.75, 3.05) is 19.6 Å². The van der Waals surface area contributed by atoms with E-state index >= 15 is 0 Å². The minimum Gasteiger partial charge on any atom is -0.486 e. The minimum absolute atomic E-state index is 0.501. The molecular formula is C35H45N3O. The monoisotopic (exact) mass is 523 g/mol. The summed E-state index contributed by atoms with van der Waals surface area (Å²) in [6, 6.07) is 25.7. The number of imidazole rings is 1. The molecule has 4 heteroatoms. The summed E-state index contributed by atoms with van der Waals surface area (Å²) in [4.78, 5) is 7.71. The number of aryl methyl sites for hydroxylation is 4. The summed E-state index contributed by atoms with van der Waals surface area (Å²) in [5.41, 5.74) is 6.30. The van der Waals surface area contributed by atoms with Crippen LogP contribution in [0.3, 0.4) is 0 Å². The van der Waals surface area contributed by atoms with Gasteiger partial charge in [0.15, 0.2) is 0 Å². The predicted octanol–water partition coefficient (Wildman–Crippen LogP) is 8.14. The second-order valence-corrected chi connectivity index (χ2v) is 11.4. The van der Waals surface area contributed by atoms with Gasteiger partial charge in [0.25, 0.3) is 0 Å². The molecule has 5 rings (SSSR count). The van der Waals surface area contributed by atoms with Crippen molar-refractivity contribution in [3.63, 3.8) is 0 Å². The van der Waals surface area contributed by atoms with E-state index in [0.717, 1.165) is 29.6 Å². The van der Waals surface area contributed by atoms with Gasteiger partial charge in [0.05, 0.1) is 11.0 Å². The molecule has 2 heterocycles. The van der Waals surface area contributed by atoms with Crippen molar-refractivity contribution in [1.82, 2.24) is 14.5 Å². The van der Waals surface area contributed by atoms with Gasteiger partial charge in [0.1, 0.15) is 18.2 Å². The van der Waals surface area contributed by atoms with Crippen molar-refractivity contribution >= 4 is 11.0 Å². The minimum atomic E-state index is 0.501. The van der Waals surface area contributed by atoms with Gasteiger partial charge < -0.3 is 14.2 Å². The van der Waals surface area contributed by atoms with Gasteiger partial charge in [-0.1, -0.05) is 66.6 Å². The number of benzene rings is 3. The number of piperidine rings is 1. The summed E-state index contributed by atoms with van der Waals surface area (Å²) < 4.78 is 8.55. The van der Waals surface area contributed by atoms with Crippen LogP contribution in [0.1, 0.15) is 67.5 Å². The molecule has 0 unspecified atom stereocenters. The van der Waals surface area contributed by atoms with E-state index in [-0.39, 0.29) is 0 Å². The van der Waals surface area contributed by atoms with Crippen LogP contribution in [0, 0.1) is 19.8 Å². The number of unbranched alkanes of at least 4 members (excludes halogenated alkanes) is 2. The third-order valence-electron chi connectivity index (χ3n) is 8.43. The Labute approximate surface area is 235 Å². The van der Waals surface area contributed by atoms with Crippen LogP contribution in [0.2, 0.25) is 0 Å². The van der Waals surface area contributed by atoms with E-state index in [0.29, 0.717) is 6.61 Å². The highest BCUT2D eigenvalue weighted by atomic mass is 16.5. The summed E-state index contributed by atoms with van der Waals surface area (Å²) in [5, 5.41) is 0. The largest absolute Gasteiger partial charge is 0.486 e. The van der Waals surface area contributed by atoms with Crippen molar-refractivity contribution in [2.24, 2.45) is 5.92 Å². The fraction of sp³-hybridized carbons (Fsp3) is 0.457. The molecule has 0 N–H and O–H groups in total. The van der Waals surface area contributed by atoms with E-state index in [1.165, 1.54) is 93.2 Å². The molecule has 1 fully saturated rings. The summed E-state index contributed by atoms with van der Waals surface area (Å²) in [5.74, 6) is 2.78. The number of hydrogen-bond donors (Lipinski definition) is 0. The molecule has 1 aromatic heterocycles. The SMILES string of the molecule is Cc1ccc(OCc2nc3c(C)cccc3n2CCCC2CCN(CCCCCc3ccccc3)CC2)cc1. The average molecular weight is 524 g/mol. The Morgan fingerprint density at radius 2 is 1.59 bits per heavy atom. The van der Waals surface area contributed by atoms with Crippen LogP contribution in [0.5, 0.6) is 5.75 Å². The number of para-hydroxylation sites is 1. The molecule has 1 aliphatic rings. The molecule has 4 nitrogen and oxygen atoms in total. The van der Waals surface area contributed by atoms with E-state index in [9.17, 15) is 0 Å². The van der Waals surface area contributed by atoms with E-state index in [4.69, 9.17) is 9.72 Å². The molecule has 1 saturated heterocycles. The Morgan fingerprint density at radius 3 is 2.38 bits per heavy atom. The zero-order valence-electron chi connectivity index (χ0n) is 23.9. The fourth-order valence-electron chi connectivity index (χ4n) is 6.00. The fourth-order valence-corrected chi connectivity index (χ4v) is 6.00. The highest BCUT2D eigenvalue weighted by molar-refractivity contribution is 5.79. The van der Waals surface area contributed by atoms with Gasteiger partial charge in [-0.15, -0.1) is 0 Å². The van der Waals surface area contributed by atoms with Gasteiger partial charge in [-0.25, -0.2) is 4.98 Å². The number of hydrogen-bond acceptors (Lipinski definition) is 3. The van der Waals surface area contributed by atoms with Crippen molar-refractivity contribution in [3.05, 3.63) is 95.3 Å². The first-order valence-electron chi connectivity index (χ1n) is 15.1. The Hall–Kier alpha value is -3.11. The summed E-state index contributed by atoms with van der Waals surface area (Å²) in [6.07, 6.45) is 10.4. The topological polar surface area (TPSA) is 30.3 Å². The molecular weight excluding hydrogens is 478 g/mol. The maximum atomic E-state index is 6.15. The number of likely N-dealkylation sites (tertiary alicyclic amines) is 1. The lowest BCUT2D eigenvalue weighted by molar-refractivity contribution is 0.174. The molecule has 0 amide bonds. The zero-order chi connectivity index (χ0) is 26.9. The third kappa shape index (κ3) is 7.73. The van der Waals surface area contributed by atoms with Crippen LogP contribution in [0.4, 0.5) is 0 Å². The van der Waals surface area contributed by atoms with Gasteiger partial charge in [0.2, 0.25) is 0 Å². The summed E-state index contributed by atoms with van der Waals surface area (Å²) >= 11 is 0. The van der Waals surface area contributed by atoms with Crippen LogP contribution in [0.15, 0.2) is 72.8 Å². The van der Waals surface area contributed by atoms with Crippen molar-refractivity contribution in [3.8, 4) is 5.75 Å². The molecule has 39 heavy (non-hydrogen) atoms. The number of fused-ring (bicyclic) bond motifs is 1. The molecule has 1 aliphatic heterocycles. The van der Waals surface area contributed by atoms with Crippen LogP contribution in [-0.4, -0.2) is 34.1 Å². The summed E-state index contributed by atoms with van der Waals surface area (Å²) in [6.45, 7) is 9.57. The van der Waals surface area contributed by atoms with Crippen molar-refractivity contribution in [2.45, 2.75) is 78.4 Å². The van der Waals surface area contributed by atoms with E-state index in [2.05, 4.69) is 84.0 Å². The average Bonchev–Trinajstić information content (AvgIpc) is 3.32. The van der Waals surface area contributed by atoms with E-state index < -0.39 is 0 Å². The van der Waals surface area contributed by atoms with E-state index in [1.54, 1.807) is 0 Å². The van der Waals surface area contributed by atoms with Crippen molar-refractivity contribution in [1.29, 1.82) is 0 Å². The Kier molecular flexibility index (Phi) is 9.71. The van der Waals surface area contributed by atoms with Crippen LogP contribution in [-0.2, 0) is 19.6 Å².